The average molecular weight is 351 g/mol. The molecule has 0 unspecified atom stereocenters. The van der Waals surface area contributed by atoms with Gasteiger partial charge in [0.1, 0.15) is 0 Å². The van der Waals surface area contributed by atoms with Gasteiger partial charge in [-0.25, -0.2) is 0 Å². The van der Waals surface area contributed by atoms with Crippen LogP contribution in [0.4, 0.5) is 0 Å². The molecule has 5 nitrogen and oxygen atoms in total. The minimum atomic E-state index is -0.750. The van der Waals surface area contributed by atoms with E-state index in [9.17, 15) is 14.4 Å². The highest BCUT2D eigenvalue weighted by molar-refractivity contribution is 5.89. The van der Waals surface area contributed by atoms with Crippen LogP contribution in [0.25, 0.3) is 0 Å². The lowest BCUT2D eigenvalue weighted by Gasteiger charge is -2.34. The molecule has 0 bridgehead atoms. The highest BCUT2D eigenvalue weighted by atomic mass is 16.4. The number of carbonyl (C=O) groups excluding carboxylic acids is 2. The molecule has 5 heteroatoms. The summed E-state index contributed by atoms with van der Waals surface area (Å²) in [6.07, 6.45) is 13.3. The Morgan fingerprint density at radius 3 is 2.56 bits per heavy atom. The van der Waals surface area contributed by atoms with Crippen LogP contribution in [-0.2, 0) is 14.4 Å². The zero-order valence-electron chi connectivity index (χ0n) is 15.5. The number of carboxylic acids is 1. The summed E-state index contributed by atoms with van der Waals surface area (Å²) in [5, 5.41) is 8.63. The highest BCUT2D eigenvalue weighted by Crippen LogP contribution is 2.20. The van der Waals surface area contributed by atoms with Gasteiger partial charge < -0.3 is 10.0 Å². The molecular formula is C20H33NO4. The second kappa shape index (κ2) is 12.7. The summed E-state index contributed by atoms with van der Waals surface area (Å²) in [5.41, 5.74) is 0. The van der Waals surface area contributed by atoms with E-state index < -0.39 is 5.97 Å². The van der Waals surface area contributed by atoms with Crippen molar-refractivity contribution in [1.29, 1.82) is 0 Å². The minimum Gasteiger partial charge on any atom is -0.481 e. The molecule has 0 aromatic heterocycles. The van der Waals surface area contributed by atoms with Crippen LogP contribution in [0.15, 0.2) is 12.2 Å². The molecule has 0 aromatic rings. The zero-order valence-corrected chi connectivity index (χ0v) is 15.5. The van der Waals surface area contributed by atoms with Crippen LogP contribution in [0.2, 0.25) is 0 Å². The number of allylic oxidation sites excluding steroid dienone is 1. The Kier molecular flexibility index (Phi) is 10.8. The van der Waals surface area contributed by atoms with Gasteiger partial charge in [-0.2, -0.15) is 0 Å². The number of amides is 1. The van der Waals surface area contributed by atoms with E-state index in [-0.39, 0.29) is 24.2 Å². The van der Waals surface area contributed by atoms with Crippen LogP contribution in [0.5, 0.6) is 0 Å². The van der Waals surface area contributed by atoms with Gasteiger partial charge in [0.25, 0.3) is 0 Å². The minimum absolute atomic E-state index is 0.0374. The maximum absolute atomic E-state index is 12.2. The van der Waals surface area contributed by atoms with Crippen LogP contribution < -0.4 is 0 Å². The van der Waals surface area contributed by atoms with E-state index in [1.54, 1.807) is 6.08 Å². The first kappa shape index (κ1) is 21.4. The van der Waals surface area contributed by atoms with Gasteiger partial charge in [0.15, 0.2) is 5.78 Å². The standard InChI is InChI=1S/C20H33NO4/c1-2-3-6-11-18(22)15-14-17-10-9-12-19(23)21(17)16-8-5-4-7-13-20(24)25/h14-15,17H,2-13,16H2,1H3,(H,24,25)/b15-14+/t17-/m1/s1. The fourth-order valence-corrected chi connectivity index (χ4v) is 3.20. The van der Waals surface area contributed by atoms with Crippen molar-refractivity contribution in [3.05, 3.63) is 12.2 Å². The molecule has 1 aliphatic rings. The van der Waals surface area contributed by atoms with Gasteiger partial charge in [0.2, 0.25) is 5.91 Å². The summed E-state index contributed by atoms with van der Waals surface area (Å²) in [6.45, 7) is 2.82. The van der Waals surface area contributed by atoms with Gasteiger partial charge in [-0.15, -0.1) is 0 Å². The van der Waals surface area contributed by atoms with E-state index in [2.05, 4.69) is 6.92 Å². The molecule has 1 heterocycles. The molecule has 1 amide bonds. The van der Waals surface area contributed by atoms with Gasteiger partial charge in [-0.05, 0) is 38.2 Å². The molecule has 0 spiro atoms. The molecule has 25 heavy (non-hydrogen) atoms. The average Bonchev–Trinajstić information content (AvgIpc) is 2.57. The van der Waals surface area contributed by atoms with Crippen LogP contribution >= 0.6 is 0 Å². The Morgan fingerprint density at radius 1 is 1.12 bits per heavy atom. The van der Waals surface area contributed by atoms with Crippen molar-refractivity contribution in [2.24, 2.45) is 0 Å². The first-order valence-corrected chi connectivity index (χ1v) is 9.77. The lowest BCUT2D eigenvalue weighted by molar-refractivity contribution is -0.137. The number of rotatable bonds is 13. The highest BCUT2D eigenvalue weighted by Gasteiger charge is 2.25. The van der Waals surface area contributed by atoms with Gasteiger partial charge >= 0.3 is 5.97 Å². The van der Waals surface area contributed by atoms with E-state index in [0.29, 0.717) is 25.8 Å². The Morgan fingerprint density at radius 2 is 1.84 bits per heavy atom. The second-order valence-corrected chi connectivity index (χ2v) is 6.89. The monoisotopic (exact) mass is 351 g/mol. The molecular weight excluding hydrogens is 318 g/mol. The van der Waals surface area contributed by atoms with Crippen molar-refractivity contribution in [3.63, 3.8) is 0 Å². The maximum atomic E-state index is 12.2. The summed E-state index contributed by atoms with van der Waals surface area (Å²) in [5.74, 6) is -0.426. The van der Waals surface area contributed by atoms with E-state index in [0.717, 1.165) is 51.4 Å². The Balaban J connectivity index is 2.38. The first-order valence-electron chi connectivity index (χ1n) is 9.77. The zero-order chi connectivity index (χ0) is 18.5. The van der Waals surface area contributed by atoms with Crippen molar-refractivity contribution in [2.45, 2.75) is 90.0 Å². The number of ketones is 1. The number of hydrogen-bond acceptors (Lipinski definition) is 3. The largest absolute Gasteiger partial charge is 0.481 e. The third kappa shape index (κ3) is 9.42. The second-order valence-electron chi connectivity index (χ2n) is 6.89. The molecule has 0 aliphatic carbocycles. The van der Waals surface area contributed by atoms with Gasteiger partial charge in [0, 0.05) is 25.8 Å². The molecule has 1 rings (SSSR count). The van der Waals surface area contributed by atoms with Crippen molar-refractivity contribution >= 4 is 17.7 Å². The molecule has 1 fully saturated rings. The van der Waals surface area contributed by atoms with E-state index >= 15 is 0 Å². The summed E-state index contributed by atoms with van der Waals surface area (Å²) in [6, 6.07) is 0.0374. The van der Waals surface area contributed by atoms with Crippen LogP contribution in [0.3, 0.4) is 0 Å². The molecule has 1 N–H and O–H groups in total. The fourth-order valence-electron chi connectivity index (χ4n) is 3.20. The normalized spacial score (nSPS) is 18.0. The number of hydrogen-bond donors (Lipinski definition) is 1. The van der Waals surface area contributed by atoms with E-state index in [4.69, 9.17) is 5.11 Å². The summed E-state index contributed by atoms with van der Waals surface area (Å²) in [7, 11) is 0. The number of aliphatic carboxylic acids is 1. The van der Waals surface area contributed by atoms with Crippen molar-refractivity contribution in [3.8, 4) is 0 Å². The Labute approximate surface area is 151 Å². The Hall–Kier alpha value is -1.65. The molecule has 1 atom stereocenters. The number of likely N-dealkylation sites (tertiary alicyclic amines) is 1. The predicted octanol–water partition coefficient (Wildman–Crippen LogP) is 4.11. The fraction of sp³-hybridized carbons (Fsp3) is 0.750. The maximum Gasteiger partial charge on any atom is 0.303 e. The summed E-state index contributed by atoms with van der Waals surface area (Å²) < 4.78 is 0. The molecule has 0 saturated carbocycles. The molecule has 0 radical (unpaired) electrons. The van der Waals surface area contributed by atoms with Crippen molar-refractivity contribution < 1.29 is 19.5 Å². The third-order valence-corrected chi connectivity index (χ3v) is 4.68. The number of nitrogens with zero attached hydrogens (tertiary/aromatic N) is 1. The Bertz CT molecular complexity index is 459. The summed E-state index contributed by atoms with van der Waals surface area (Å²) in [4.78, 5) is 36.5. The lowest BCUT2D eigenvalue weighted by atomic mass is 9.99. The van der Waals surface area contributed by atoms with Gasteiger partial charge in [-0.3, -0.25) is 14.4 Å². The smallest absolute Gasteiger partial charge is 0.303 e. The van der Waals surface area contributed by atoms with Gasteiger partial charge in [0.05, 0.1) is 6.04 Å². The molecule has 0 aromatic carbocycles. The number of carboxylic acid groups (broad SMARTS) is 1. The molecule has 142 valence electrons. The molecule has 1 aliphatic heterocycles. The number of piperidine rings is 1. The number of unbranched alkanes of at least 4 members (excludes halogenated alkanes) is 5. The SMILES string of the molecule is CCCCCC(=O)/C=C/[C@H]1CCCC(=O)N1CCCCCCC(=O)O. The van der Waals surface area contributed by atoms with Crippen molar-refractivity contribution in [1.82, 2.24) is 4.90 Å². The van der Waals surface area contributed by atoms with Crippen LogP contribution in [-0.4, -0.2) is 40.3 Å². The lowest BCUT2D eigenvalue weighted by Crippen LogP contribution is -2.43. The van der Waals surface area contributed by atoms with Crippen LogP contribution in [0.1, 0.15) is 84.0 Å². The topological polar surface area (TPSA) is 74.7 Å². The van der Waals surface area contributed by atoms with E-state index in [1.165, 1.54) is 0 Å². The predicted molar refractivity (Wildman–Crippen MR) is 98.4 cm³/mol. The number of carbonyl (C=O) groups is 3. The molecule has 1 saturated heterocycles. The summed E-state index contributed by atoms with van der Waals surface area (Å²) >= 11 is 0. The van der Waals surface area contributed by atoms with E-state index in [1.807, 2.05) is 11.0 Å². The quantitative estimate of drug-likeness (QED) is 0.400. The van der Waals surface area contributed by atoms with Crippen molar-refractivity contribution in [2.75, 3.05) is 6.54 Å². The first-order chi connectivity index (χ1) is 12.0. The third-order valence-electron chi connectivity index (χ3n) is 4.68. The van der Waals surface area contributed by atoms with Crippen LogP contribution in [0, 0.1) is 0 Å². The van der Waals surface area contributed by atoms with Gasteiger partial charge in [-0.1, -0.05) is 38.7 Å².